The van der Waals surface area contributed by atoms with Crippen LogP contribution < -0.4 is 0 Å². The predicted molar refractivity (Wildman–Crippen MR) is 59.5 cm³/mol. The standard InChI is InChI=1S/C12H16N2/c1-4-12(11(13-12)14(2)3)10-8-6-5-7-9-10/h5-9H,4H2,1-3H3/t12-/m0/s1. The van der Waals surface area contributed by atoms with Gasteiger partial charge in [0.05, 0.1) is 0 Å². The van der Waals surface area contributed by atoms with E-state index in [1.54, 1.807) is 0 Å². The molecule has 0 bridgehead atoms. The van der Waals surface area contributed by atoms with Gasteiger partial charge in [0, 0.05) is 14.1 Å². The van der Waals surface area contributed by atoms with E-state index >= 15 is 0 Å². The van der Waals surface area contributed by atoms with Crippen molar-refractivity contribution in [1.29, 1.82) is 0 Å². The molecule has 0 saturated heterocycles. The Balaban J connectivity index is 2.27. The summed E-state index contributed by atoms with van der Waals surface area (Å²) in [5, 5.41) is 0. The van der Waals surface area contributed by atoms with Crippen LogP contribution in [0.25, 0.3) is 0 Å². The van der Waals surface area contributed by atoms with Crippen LogP contribution in [0.1, 0.15) is 18.9 Å². The topological polar surface area (TPSA) is 15.6 Å². The van der Waals surface area contributed by atoms with Gasteiger partial charge in [-0.2, -0.15) is 0 Å². The van der Waals surface area contributed by atoms with Crippen LogP contribution >= 0.6 is 0 Å². The van der Waals surface area contributed by atoms with E-state index in [1.807, 2.05) is 6.07 Å². The van der Waals surface area contributed by atoms with E-state index < -0.39 is 0 Å². The Labute approximate surface area is 85.3 Å². The van der Waals surface area contributed by atoms with Crippen LogP contribution in [0, 0.1) is 0 Å². The molecule has 1 aromatic carbocycles. The Morgan fingerprint density at radius 3 is 2.29 bits per heavy atom. The molecule has 0 aromatic heterocycles. The molecule has 0 spiro atoms. The molecule has 2 nitrogen and oxygen atoms in total. The first-order chi connectivity index (χ1) is 6.70. The molecule has 0 saturated carbocycles. The van der Waals surface area contributed by atoms with Crippen molar-refractivity contribution in [1.82, 2.24) is 4.90 Å². The molecule has 74 valence electrons. The average molecular weight is 188 g/mol. The maximum Gasteiger partial charge on any atom is 0.144 e. The fourth-order valence-electron chi connectivity index (χ4n) is 1.97. The summed E-state index contributed by atoms with van der Waals surface area (Å²) < 4.78 is 0. The molecule has 0 N–H and O–H groups in total. The van der Waals surface area contributed by atoms with Crippen molar-refractivity contribution >= 4 is 5.84 Å². The minimum atomic E-state index is -0.00917. The Morgan fingerprint density at radius 2 is 1.86 bits per heavy atom. The molecular formula is C12H16N2. The second kappa shape index (κ2) is 3.12. The van der Waals surface area contributed by atoms with Gasteiger partial charge in [-0.15, -0.1) is 0 Å². The van der Waals surface area contributed by atoms with Crippen LogP contribution in [-0.2, 0) is 5.54 Å². The summed E-state index contributed by atoms with van der Waals surface area (Å²) in [7, 11) is 4.11. The largest absolute Gasteiger partial charge is 0.364 e. The molecule has 1 aliphatic heterocycles. The summed E-state index contributed by atoms with van der Waals surface area (Å²) in [5.41, 5.74) is 1.30. The maximum absolute atomic E-state index is 4.62. The first kappa shape index (κ1) is 9.25. The fraction of sp³-hybridized carbons (Fsp3) is 0.417. The Morgan fingerprint density at radius 1 is 1.21 bits per heavy atom. The van der Waals surface area contributed by atoms with E-state index in [-0.39, 0.29) is 5.54 Å². The zero-order valence-corrected chi connectivity index (χ0v) is 8.99. The van der Waals surface area contributed by atoms with E-state index in [1.165, 1.54) is 11.4 Å². The lowest BCUT2D eigenvalue weighted by molar-refractivity contribution is 0.582. The highest BCUT2D eigenvalue weighted by Gasteiger charge is 2.48. The quantitative estimate of drug-likeness (QED) is 0.695. The number of rotatable bonds is 2. The third-order valence-corrected chi connectivity index (χ3v) is 2.80. The van der Waals surface area contributed by atoms with Gasteiger partial charge in [-0.3, -0.25) is 4.99 Å². The monoisotopic (exact) mass is 188 g/mol. The fourth-order valence-corrected chi connectivity index (χ4v) is 1.97. The van der Waals surface area contributed by atoms with E-state index in [0.29, 0.717) is 0 Å². The molecule has 1 aromatic rings. The Hall–Kier alpha value is -1.31. The van der Waals surface area contributed by atoms with Crippen LogP contribution in [0.4, 0.5) is 0 Å². The van der Waals surface area contributed by atoms with Crippen LogP contribution in [0.3, 0.4) is 0 Å². The van der Waals surface area contributed by atoms with Crippen molar-refractivity contribution in [2.75, 3.05) is 14.1 Å². The number of nitrogens with zero attached hydrogens (tertiary/aromatic N) is 2. The Bertz CT molecular complexity index is 354. The predicted octanol–water partition coefficient (Wildman–Crippen LogP) is 2.27. The lowest BCUT2D eigenvalue weighted by atomic mass is 9.93. The van der Waals surface area contributed by atoms with Gasteiger partial charge in [-0.05, 0) is 12.0 Å². The van der Waals surface area contributed by atoms with Gasteiger partial charge in [0.1, 0.15) is 11.4 Å². The molecule has 2 heteroatoms. The highest BCUT2D eigenvalue weighted by Crippen LogP contribution is 2.42. The van der Waals surface area contributed by atoms with Gasteiger partial charge >= 0.3 is 0 Å². The lowest BCUT2D eigenvalue weighted by Gasteiger charge is -2.16. The van der Waals surface area contributed by atoms with Crippen molar-refractivity contribution in [2.24, 2.45) is 4.99 Å². The molecule has 1 aliphatic rings. The van der Waals surface area contributed by atoms with Crippen LogP contribution in [-0.4, -0.2) is 24.8 Å². The molecule has 14 heavy (non-hydrogen) atoms. The molecule has 0 fully saturated rings. The third-order valence-electron chi connectivity index (χ3n) is 2.80. The van der Waals surface area contributed by atoms with E-state index in [9.17, 15) is 0 Å². The van der Waals surface area contributed by atoms with Crippen molar-refractivity contribution in [2.45, 2.75) is 18.9 Å². The number of likely N-dealkylation sites (N-methyl/N-ethyl adjacent to an activating group) is 1. The summed E-state index contributed by atoms with van der Waals surface area (Å²) in [4.78, 5) is 6.72. The summed E-state index contributed by atoms with van der Waals surface area (Å²) in [6, 6.07) is 10.5. The number of hydrogen-bond acceptors (Lipinski definition) is 2. The second-order valence-electron chi connectivity index (χ2n) is 3.91. The van der Waals surface area contributed by atoms with Crippen molar-refractivity contribution < 1.29 is 0 Å². The van der Waals surface area contributed by atoms with Crippen molar-refractivity contribution in [3.8, 4) is 0 Å². The molecule has 1 heterocycles. The number of benzene rings is 1. The van der Waals surface area contributed by atoms with Gasteiger partial charge in [0.25, 0.3) is 0 Å². The first-order valence-electron chi connectivity index (χ1n) is 5.04. The third kappa shape index (κ3) is 1.22. The van der Waals surface area contributed by atoms with Crippen molar-refractivity contribution in [3.63, 3.8) is 0 Å². The zero-order chi connectivity index (χ0) is 10.2. The first-order valence-corrected chi connectivity index (χ1v) is 5.04. The summed E-state index contributed by atoms with van der Waals surface area (Å²) in [5.74, 6) is 1.20. The minimum Gasteiger partial charge on any atom is -0.364 e. The summed E-state index contributed by atoms with van der Waals surface area (Å²) in [6.07, 6.45) is 1.05. The SMILES string of the molecule is CC[C@@]1(c2ccccc2)N=C1N(C)C. The maximum atomic E-state index is 4.62. The molecule has 0 aliphatic carbocycles. The van der Waals surface area contributed by atoms with Crippen molar-refractivity contribution in [3.05, 3.63) is 35.9 Å². The normalized spacial score (nSPS) is 24.4. The lowest BCUT2D eigenvalue weighted by Crippen LogP contribution is -2.26. The number of aliphatic imine (C=N–C) groups is 1. The molecule has 2 rings (SSSR count). The minimum absolute atomic E-state index is 0.00917. The zero-order valence-electron chi connectivity index (χ0n) is 8.99. The van der Waals surface area contributed by atoms with Gasteiger partial charge in [-0.1, -0.05) is 37.3 Å². The van der Waals surface area contributed by atoms with E-state index in [2.05, 4.69) is 55.2 Å². The molecule has 0 amide bonds. The van der Waals surface area contributed by atoms with Gasteiger partial charge < -0.3 is 4.90 Å². The van der Waals surface area contributed by atoms with Crippen LogP contribution in [0.5, 0.6) is 0 Å². The van der Waals surface area contributed by atoms with E-state index in [0.717, 1.165) is 6.42 Å². The summed E-state index contributed by atoms with van der Waals surface area (Å²) in [6.45, 7) is 2.19. The van der Waals surface area contributed by atoms with Crippen LogP contribution in [0.2, 0.25) is 0 Å². The molecule has 0 unspecified atom stereocenters. The number of hydrogen-bond donors (Lipinski definition) is 0. The smallest absolute Gasteiger partial charge is 0.144 e. The van der Waals surface area contributed by atoms with Gasteiger partial charge in [0.15, 0.2) is 0 Å². The Kier molecular flexibility index (Phi) is 2.06. The molecule has 0 radical (unpaired) electrons. The summed E-state index contributed by atoms with van der Waals surface area (Å²) >= 11 is 0. The average Bonchev–Trinajstić information content (AvgIpc) is 2.95. The van der Waals surface area contributed by atoms with Gasteiger partial charge in [-0.25, -0.2) is 0 Å². The highest BCUT2D eigenvalue weighted by atomic mass is 15.3. The second-order valence-corrected chi connectivity index (χ2v) is 3.91. The van der Waals surface area contributed by atoms with E-state index in [4.69, 9.17) is 0 Å². The van der Waals surface area contributed by atoms with Gasteiger partial charge in [0.2, 0.25) is 0 Å². The van der Waals surface area contributed by atoms with Crippen LogP contribution in [0.15, 0.2) is 35.3 Å². The molecule has 1 atom stereocenters. The molecular weight excluding hydrogens is 172 g/mol. The number of amidine groups is 1. The highest BCUT2D eigenvalue weighted by molar-refractivity contribution is 6.03.